The molecule has 2 aromatic heterocycles. The highest BCUT2D eigenvalue weighted by Crippen LogP contribution is 2.47. The molecule has 0 spiro atoms. The van der Waals surface area contributed by atoms with Gasteiger partial charge < -0.3 is 16.0 Å². The molecule has 196 valence electrons. The number of nitrogens with zero attached hydrogens (tertiary/aromatic N) is 4. The summed E-state index contributed by atoms with van der Waals surface area (Å²) in [5.41, 5.74) is 7.91. The van der Waals surface area contributed by atoms with Gasteiger partial charge in [-0.05, 0) is 54.8 Å². The average Bonchev–Trinajstić information content (AvgIpc) is 3.35. The Labute approximate surface area is 219 Å². The van der Waals surface area contributed by atoms with Crippen LogP contribution in [-0.4, -0.2) is 43.1 Å². The molecular formula is C28H30FN7O2. The van der Waals surface area contributed by atoms with Gasteiger partial charge in [-0.2, -0.15) is 0 Å². The second-order valence-corrected chi connectivity index (χ2v) is 9.77. The van der Waals surface area contributed by atoms with Crippen LogP contribution in [0.5, 0.6) is 0 Å². The Balaban J connectivity index is 1.60. The lowest BCUT2D eigenvalue weighted by Crippen LogP contribution is -2.57. The zero-order chi connectivity index (χ0) is 26.9. The monoisotopic (exact) mass is 515 g/mol. The topological polar surface area (TPSA) is 122 Å². The van der Waals surface area contributed by atoms with Gasteiger partial charge in [-0.25, -0.2) is 14.4 Å². The van der Waals surface area contributed by atoms with E-state index in [4.69, 9.17) is 10.7 Å². The Morgan fingerprint density at radius 2 is 1.89 bits per heavy atom. The molecule has 1 fully saturated rings. The fourth-order valence-corrected chi connectivity index (χ4v) is 5.51. The zero-order valence-corrected chi connectivity index (χ0v) is 21.3. The molecule has 9 nitrogen and oxygen atoms in total. The lowest BCUT2D eigenvalue weighted by Gasteiger charge is -2.51. The van der Waals surface area contributed by atoms with Crippen molar-refractivity contribution in [2.45, 2.75) is 44.3 Å². The minimum Gasteiger partial charge on any atom is -0.399 e. The molecule has 0 bridgehead atoms. The smallest absolute Gasteiger partial charge is 0.264 e. The van der Waals surface area contributed by atoms with Gasteiger partial charge in [0, 0.05) is 56.1 Å². The summed E-state index contributed by atoms with van der Waals surface area (Å²) in [6.07, 6.45) is 3.86. The number of halogens is 1. The fraction of sp³-hybridized carbons (Fsp3) is 0.286. The van der Waals surface area contributed by atoms with E-state index >= 15 is 0 Å². The van der Waals surface area contributed by atoms with Gasteiger partial charge in [0.2, 0.25) is 11.9 Å². The second-order valence-electron chi connectivity index (χ2n) is 9.77. The third-order valence-electron chi connectivity index (χ3n) is 7.34. The first-order valence-corrected chi connectivity index (χ1v) is 12.5. The molecule has 0 radical (unpaired) electrons. The van der Waals surface area contributed by atoms with Crippen LogP contribution in [0.4, 0.5) is 16.0 Å². The fourth-order valence-electron chi connectivity index (χ4n) is 5.51. The quantitative estimate of drug-likeness (QED) is 0.338. The molecule has 1 aliphatic rings. The predicted octanol–water partition coefficient (Wildman–Crippen LogP) is 3.47. The van der Waals surface area contributed by atoms with Crippen LogP contribution in [0.15, 0.2) is 77.9 Å². The Bertz CT molecular complexity index is 1480. The largest absolute Gasteiger partial charge is 0.399 e. The van der Waals surface area contributed by atoms with Crippen LogP contribution in [0.25, 0.3) is 0 Å². The van der Waals surface area contributed by atoms with E-state index in [1.54, 1.807) is 36.1 Å². The maximum absolute atomic E-state index is 14.0. The molecule has 38 heavy (non-hydrogen) atoms. The van der Waals surface area contributed by atoms with Crippen LogP contribution >= 0.6 is 0 Å². The summed E-state index contributed by atoms with van der Waals surface area (Å²) in [6, 6.07) is 17.0. The van der Waals surface area contributed by atoms with E-state index in [0.717, 1.165) is 11.1 Å². The number of carbonyl (C=O) groups excluding carboxylic acids is 1. The molecular weight excluding hydrogens is 485 g/mol. The molecule has 1 saturated heterocycles. The number of H-pyrrole nitrogens is 1. The Kier molecular flexibility index (Phi) is 6.71. The van der Waals surface area contributed by atoms with Crippen molar-refractivity contribution in [3.8, 4) is 0 Å². The molecule has 0 saturated carbocycles. The van der Waals surface area contributed by atoms with Crippen molar-refractivity contribution >= 4 is 17.5 Å². The van der Waals surface area contributed by atoms with Crippen molar-refractivity contribution in [3.63, 3.8) is 0 Å². The number of aromatic nitrogens is 4. The average molecular weight is 516 g/mol. The zero-order valence-electron chi connectivity index (χ0n) is 21.3. The number of benzene rings is 2. The molecule has 3 heterocycles. The number of nitrogen functional groups attached to an aromatic ring is 1. The Morgan fingerprint density at radius 1 is 1.16 bits per heavy atom. The molecule has 1 aliphatic heterocycles. The van der Waals surface area contributed by atoms with Gasteiger partial charge in [0.05, 0.1) is 11.2 Å². The van der Waals surface area contributed by atoms with Gasteiger partial charge in [-0.15, -0.1) is 0 Å². The number of rotatable bonds is 6. The van der Waals surface area contributed by atoms with Crippen molar-refractivity contribution in [2.24, 2.45) is 0 Å². The number of amides is 1. The third-order valence-corrected chi connectivity index (χ3v) is 7.34. The molecule has 5 rings (SSSR count). The summed E-state index contributed by atoms with van der Waals surface area (Å²) >= 11 is 0. The SMILES string of the molecule is CC(=O)N1CC(c2ccnc(NCc3ccc(N)cc3)n2)C(c2ccc(F)cc2)(n2ccc(=O)[nH]2)CC1C. The molecule has 4 aromatic rings. The molecule has 4 N–H and O–H groups in total. The van der Waals surface area contributed by atoms with Crippen LogP contribution < -0.4 is 16.6 Å². The van der Waals surface area contributed by atoms with Crippen LogP contribution in [0.1, 0.15) is 43.0 Å². The first-order valence-electron chi connectivity index (χ1n) is 12.5. The van der Waals surface area contributed by atoms with Crippen LogP contribution in [0.3, 0.4) is 0 Å². The second kappa shape index (κ2) is 10.1. The minimum atomic E-state index is -0.843. The number of hydrogen-bond acceptors (Lipinski definition) is 6. The van der Waals surface area contributed by atoms with Gasteiger partial charge >= 0.3 is 0 Å². The number of carbonyl (C=O) groups is 1. The van der Waals surface area contributed by atoms with E-state index in [1.807, 2.05) is 42.2 Å². The van der Waals surface area contributed by atoms with E-state index in [2.05, 4.69) is 15.4 Å². The standard InChI is InChI=1S/C28H30FN7O2/c1-18-15-28(36-14-12-26(38)34-36,21-5-7-22(29)8-6-21)24(17-35(18)19(2)37)25-11-13-31-27(33-25)32-16-20-3-9-23(30)10-4-20/h3-14,18,24H,15-17,30H2,1-2H3,(H,34,38)(H,31,32,33). The summed E-state index contributed by atoms with van der Waals surface area (Å²) in [5.74, 6) is -0.351. The van der Waals surface area contributed by atoms with Crippen LogP contribution in [0.2, 0.25) is 0 Å². The normalized spacial score (nSPS) is 21.3. The number of nitrogens with one attached hydrogen (secondary N) is 2. The molecule has 3 atom stereocenters. The third kappa shape index (κ3) is 4.77. The molecule has 3 unspecified atom stereocenters. The maximum atomic E-state index is 14.0. The van der Waals surface area contributed by atoms with E-state index in [-0.39, 0.29) is 29.2 Å². The first kappa shape index (κ1) is 25.2. The molecule has 2 aromatic carbocycles. The predicted molar refractivity (Wildman–Crippen MR) is 143 cm³/mol. The van der Waals surface area contributed by atoms with Crippen molar-refractivity contribution in [1.82, 2.24) is 24.6 Å². The first-order chi connectivity index (χ1) is 18.3. The highest BCUT2D eigenvalue weighted by atomic mass is 19.1. The van der Waals surface area contributed by atoms with E-state index in [0.29, 0.717) is 36.8 Å². The van der Waals surface area contributed by atoms with Crippen molar-refractivity contribution in [3.05, 3.63) is 106 Å². The van der Waals surface area contributed by atoms with E-state index in [1.165, 1.54) is 18.2 Å². The highest BCUT2D eigenvalue weighted by molar-refractivity contribution is 5.74. The summed E-state index contributed by atoms with van der Waals surface area (Å²) in [7, 11) is 0. The van der Waals surface area contributed by atoms with Gasteiger partial charge in [-0.1, -0.05) is 24.3 Å². The van der Waals surface area contributed by atoms with Crippen molar-refractivity contribution < 1.29 is 9.18 Å². The number of aromatic amines is 1. The number of anilines is 2. The maximum Gasteiger partial charge on any atom is 0.264 e. The summed E-state index contributed by atoms with van der Waals surface area (Å²) in [5, 5.41) is 6.19. The van der Waals surface area contributed by atoms with Crippen LogP contribution in [0, 0.1) is 5.82 Å². The molecule has 1 amide bonds. The number of nitrogens with two attached hydrogens (primary N) is 1. The van der Waals surface area contributed by atoms with E-state index < -0.39 is 5.54 Å². The lowest BCUT2D eigenvalue weighted by atomic mass is 9.69. The minimum absolute atomic E-state index is 0.0491. The van der Waals surface area contributed by atoms with Gasteiger partial charge in [0.1, 0.15) is 5.82 Å². The summed E-state index contributed by atoms with van der Waals surface area (Å²) in [6.45, 7) is 4.38. The summed E-state index contributed by atoms with van der Waals surface area (Å²) < 4.78 is 15.8. The number of piperidine rings is 1. The number of likely N-dealkylation sites (tertiary alicyclic amines) is 1. The lowest BCUT2D eigenvalue weighted by molar-refractivity contribution is -0.134. The Morgan fingerprint density at radius 3 is 2.55 bits per heavy atom. The van der Waals surface area contributed by atoms with Crippen molar-refractivity contribution in [1.29, 1.82) is 0 Å². The Hall–Kier alpha value is -4.47. The van der Waals surface area contributed by atoms with Crippen LogP contribution in [-0.2, 0) is 16.9 Å². The van der Waals surface area contributed by atoms with Crippen molar-refractivity contribution in [2.75, 3.05) is 17.6 Å². The van der Waals surface area contributed by atoms with Gasteiger partial charge in [0.25, 0.3) is 5.56 Å². The van der Waals surface area contributed by atoms with E-state index in [9.17, 15) is 14.0 Å². The summed E-state index contributed by atoms with van der Waals surface area (Å²) in [4.78, 5) is 36.0. The number of hydrogen-bond donors (Lipinski definition) is 3. The highest BCUT2D eigenvalue weighted by Gasteiger charge is 2.50. The van der Waals surface area contributed by atoms with Gasteiger partial charge in [-0.3, -0.25) is 19.4 Å². The molecule has 0 aliphatic carbocycles. The van der Waals surface area contributed by atoms with Gasteiger partial charge in [0.15, 0.2) is 0 Å². The molecule has 10 heteroatoms.